The normalized spacial score (nSPS) is 15.8. The van der Waals surface area contributed by atoms with E-state index in [4.69, 9.17) is 4.74 Å². The van der Waals surface area contributed by atoms with Crippen LogP contribution in [-0.2, 0) is 16.6 Å². The molecule has 0 saturated carbocycles. The molecule has 1 aliphatic rings. The molecule has 0 saturated heterocycles. The lowest BCUT2D eigenvalue weighted by atomic mass is 10.0. The molecule has 0 radical (unpaired) electrons. The zero-order valence-electron chi connectivity index (χ0n) is 18.6. The highest BCUT2D eigenvalue weighted by atomic mass is 32.2. The van der Waals surface area contributed by atoms with Gasteiger partial charge in [-0.25, -0.2) is 8.42 Å². The van der Waals surface area contributed by atoms with Gasteiger partial charge in [-0.05, 0) is 72.3 Å². The summed E-state index contributed by atoms with van der Waals surface area (Å²) in [5, 5.41) is 10.2. The van der Waals surface area contributed by atoms with Crippen LogP contribution in [0.3, 0.4) is 0 Å². The molecule has 3 heterocycles. The van der Waals surface area contributed by atoms with Gasteiger partial charge < -0.3 is 9.84 Å². The number of methoxy groups -OCH3 is 1. The van der Waals surface area contributed by atoms with Crippen molar-refractivity contribution in [3.05, 3.63) is 84.2 Å². The molecule has 5 rings (SSSR count). The second-order valence-corrected chi connectivity index (χ2v) is 10.9. The van der Waals surface area contributed by atoms with Gasteiger partial charge in [0, 0.05) is 28.1 Å². The Bertz CT molecular complexity index is 1450. The second-order valence-electron chi connectivity index (χ2n) is 8.11. The first-order valence-corrected chi connectivity index (χ1v) is 12.9. The summed E-state index contributed by atoms with van der Waals surface area (Å²) in [5.74, 6) is 0.586. The van der Waals surface area contributed by atoms with Gasteiger partial charge >= 0.3 is 0 Å². The number of hydrogen-bond acceptors (Lipinski definition) is 7. The maximum absolute atomic E-state index is 12.8. The minimum absolute atomic E-state index is 0.143. The largest absolute Gasteiger partial charge is 0.497 e. The molecule has 2 aromatic carbocycles. The van der Waals surface area contributed by atoms with Gasteiger partial charge in [-0.3, -0.25) is 14.6 Å². The van der Waals surface area contributed by atoms with Gasteiger partial charge in [0.25, 0.3) is 10.0 Å². The van der Waals surface area contributed by atoms with Crippen molar-refractivity contribution >= 4 is 27.0 Å². The third kappa shape index (κ3) is 4.30. The molecule has 34 heavy (non-hydrogen) atoms. The van der Waals surface area contributed by atoms with Crippen LogP contribution in [0, 0.1) is 0 Å². The fourth-order valence-corrected chi connectivity index (χ4v) is 6.01. The van der Waals surface area contributed by atoms with Gasteiger partial charge in [-0.15, -0.1) is 11.3 Å². The quantitative estimate of drug-likeness (QED) is 0.404. The lowest BCUT2D eigenvalue weighted by Gasteiger charge is -2.12. The summed E-state index contributed by atoms with van der Waals surface area (Å²) < 4.78 is 33.3. The number of fused-ring (bicyclic) bond motifs is 1. The number of rotatable bonds is 6. The molecular weight excluding hydrogens is 470 g/mol. The minimum atomic E-state index is -3.76. The van der Waals surface area contributed by atoms with E-state index in [-0.39, 0.29) is 4.90 Å². The van der Waals surface area contributed by atoms with Crippen molar-refractivity contribution in [1.82, 2.24) is 9.88 Å². The molecule has 1 atom stereocenters. The van der Waals surface area contributed by atoms with E-state index in [1.165, 1.54) is 25.4 Å². The summed E-state index contributed by atoms with van der Waals surface area (Å²) in [6.45, 7) is 0.711. The monoisotopic (exact) mass is 493 g/mol. The van der Waals surface area contributed by atoms with Gasteiger partial charge in [-0.1, -0.05) is 12.1 Å². The van der Waals surface area contributed by atoms with Crippen LogP contribution in [0.25, 0.3) is 20.9 Å². The van der Waals surface area contributed by atoms with Crippen LogP contribution in [0.15, 0.2) is 78.0 Å². The topological polar surface area (TPSA) is 91.8 Å². The summed E-state index contributed by atoms with van der Waals surface area (Å²) in [4.78, 5) is 8.35. The van der Waals surface area contributed by atoms with Crippen LogP contribution in [0.1, 0.15) is 17.4 Å². The number of ether oxygens (including phenoxy) is 1. The van der Waals surface area contributed by atoms with Crippen LogP contribution in [-0.4, -0.2) is 37.6 Å². The Labute approximate surface area is 202 Å². The van der Waals surface area contributed by atoms with Crippen LogP contribution in [0.4, 0.5) is 5.69 Å². The van der Waals surface area contributed by atoms with Crippen LogP contribution >= 0.6 is 11.3 Å². The first kappa shape index (κ1) is 22.5. The predicted molar refractivity (Wildman–Crippen MR) is 133 cm³/mol. The molecule has 0 spiro atoms. The molecule has 0 aliphatic carbocycles. The van der Waals surface area contributed by atoms with Crippen molar-refractivity contribution in [3.63, 3.8) is 0 Å². The number of aliphatic hydroxyl groups excluding tert-OH is 1. The van der Waals surface area contributed by atoms with E-state index in [0.29, 0.717) is 18.0 Å². The molecule has 4 aromatic rings. The molecule has 0 bridgehead atoms. The highest BCUT2D eigenvalue weighted by molar-refractivity contribution is 7.92. The summed E-state index contributed by atoms with van der Waals surface area (Å²) >= 11 is 1.61. The zero-order chi connectivity index (χ0) is 23.9. The number of aromatic nitrogens is 1. The van der Waals surface area contributed by atoms with Crippen molar-refractivity contribution in [2.45, 2.75) is 17.7 Å². The van der Waals surface area contributed by atoms with E-state index in [2.05, 4.69) is 15.8 Å². The molecular formula is C25H23N3O4S2. The van der Waals surface area contributed by atoms with E-state index in [1.807, 2.05) is 36.2 Å². The van der Waals surface area contributed by atoms with Crippen molar-refractivity contribution in [1.29, 1.82) is 0 Å². The molecule has 0 fully saturated rings. The average molecular weight is 494 g/mol. The molecule has 7 nitrogen and oxygen atoms in total. The Morgan fingerprint density at radius 3 is 2.50 bits per heavy atom. The highest BCUT2D eigenvalue weighted by Gasteiger charge is 2.25. The molecule has 1 unspecified atom stereocenters. The van der Waals surface area contributed by atoms with Crippen LogP contribution < -0.4 is 9.46 Å². The summed E-state index contributed by atoms with van der Waals surface area (Å²) in [6, 6.07) is 18.2. The third-order valence-electron chi connectivity index (χ3n) is 5.79. The Hall–Kier alpha value is -3.24. The molecule has 9 heteroatoms. The van der Waals surface area contributed by atoms with Gasteiger partial charge in [0.2, 0.25) is 0 Å². The Balaban J connectivity index is 1.38. The van der Waals surface area contributed by atoms with Gasteiger partial charge in [0.15, 0.2) is 0 Å². The molecule has 0 amide bonds. The van der Waals surface area contributed by atoms with Crippen molar-refractivity contribution in [2.75, 3.05) is 18.9 Å². The van der Waals surface area contributed by atoms with Crippen molar-refractivity contribution < 1.29 is 18.3 Å². The number of thiophene rings is 1. The summed E-state index contributed by atoms with van der Waals surface area (Å²) in [7, 11) is -0.327. The average Bonchev–Trinajstić information content (AvgIpc) is 3.44. The number of anilines is 1. The first-order valence-electron chi connectivity index (χ1n) is 10.6. The van der Waals surface area contributed by atoms with E-state index in [0.717, 1.165) is 32.0 Å². The number of benzene rings is 2. The van der Waals surface area contributed by atoms with Crippen LogP contribution in [0.2, 0.25) is 0 Å². The molecule has 2 aromatic heterocycles. The number of sulfonamides is 1. The number of nitrogens with one attached hydrogen (secondary N) is 1. The maximum Gasteiger partial charge on any atom is 0.261 e. The number of nitrogens with zero attached hydrogens (tertiary/aromatic N) is 2. The van der Waals surface area contributed by atoms with E-state index >= 15 is 0 Å². The van der Waals surface area contributed by atoms with Gasteiger partial charge in [-0.2, -0.15) is 0 Å². The smallest absolute Gasteiger partial charge is 0.261 e. The highest BCUT2D eigenvalue weighted by Crippen LogP contribution is 2.38. The fraction of sp³-hybridized carbons (Fsp3) is 0.160. The van der Waals surface area contributed by atoms with Crippen molar-refractivity contribution in [2.24, 2.45) is 0 Å². The number of pyridine rings is 1. The Kier molecular flexibility index (Phi) is 5.86. The van der Waals surface area contributed by atoms with Gasteiger partial charge in [0.1, 0.15) is 12.0 Å². The summed E-state index contributed by atoms with van der Waals surface area (Å²) in [5.41, 5.74) is 4.37. The third-order valence-corrected chi connectivity index (χ3v) is 8.37. The Morgan fingerprint density at radius 1 is 1.03 bits per heavy atom. The summed E-state index contributed by atoms with van der Waals surface area (Å²) in [6.07, 6.45) is 2.65. The first-order chi connectivity index (χ1) is 16.3. The molecule has 2 N–H and O–H groups in total. The SMILES string of the molecule is COc1ccc(S(=O)(=O)Nc2cncc(-c3ccc(-c4ccc5c(c4)CN(C)C5O)s3)c2)cc1. The Morgan fingerprint density at radius 2 is 1.76 bits per heavy atom. The molecule has 1 aliphatic heterocycles. The minimum Gasteiger partial charge on any atom is -0.497 e. The number of hydrogen-bond donors (Lipinski definition) is 2. The zero-order valence-corrected chi connectivity index (χ0v) is 20.2. The van der Waals surface area contributed by atoms with Crippen LogP contribution in [0.5, 0.6) is 5.75 Å². The standard InChI is InChI=1S/C25H23N3O4S2/c1-28-15-18-11-16(3-8-22(18)25(28)29)23-9-10-24(33-23)17-12-19(14-26-13-17)27-34(30,31)21-6-4-20(32-2)5-7-21/h3-14,25,27,29H,15H2,1-2H3. The van der Waals surface area contributed by atoms with Gasteiger partial charge in [0.05, 0.1) is 23.9 Å². The lowest BCUT2D eigenvalue weighted by Crippen LogP contribution is -2.15. The fourth-order valence-electron chi connectivity index (χ4n) is 3.99. The predicted octanol–water partition coefficient (Wildman–Crippen LogP) is 4.72. The van der Waals surface area contributed by atoms with E-state index < -0.39 is 16.3 Å². The number of aliphatic hydroxyl groups is 1. The van der Waals surface area contributed by atoms with Crippen molar-refractivity contribution in [3.8, 4) is 26.6 Å². The molecule has 174 valence electrons. The maximum atomic E-state index is 12.8. The lowest BCUT2D eigenvalue weighted by molar-refractivity contribution is 0.0337. The van der Waals surface area contributed by atoms with E-state index in [9.17, 15) is 13.5 Å². The van der Waals surface area contributed by atoms with E-state index in [1.54, 1.807) is 35.7 Å². The second kappa shape index (κ2) is 8.84.